The van der Waals surface area contributed by atoms with Crippen molar-refractivity contribution in [3.63, 3.8) is 0 Å². The molecule has 5 nitrogen and oxygen atoms in total. The predicted octanol–water partition coefficient (Wildman–Crippen LogP) is 3.97. The molecule has 0 spiro atoms. The molecule has 0 aromatic heterocycles. The molecule has 0 fully saturated rings. The number of hydrogen-bond acceptors (Lipinski definition) is 3. The van der Waals surface area contributed by atoms with Gasteiger partial charge in [0.25, 0.3) is 0 Å². The van der Waals surface area contributed by atoms with Gasteiger partial charge in [-0.25, -0.2) is 12.8 Å². The predicted molar refractivity (Wildman–Crippen MR) is 109 cm³/mol. The highest BCUT2D eigenvalue weighted by molar-refractivity contribution is 7.89. The molecule has 3 aromatic rings. The van der Waals surface area contributed by atoms with Crippen molar-refractivity contribution in [3.8, 4) is 0 Å². The number of nitrogens with two attached hydrogens (primary N) is 1. The zero-order valence-electron chi connectivity index (χ0n) is 15.3. The second-order valence-electron chi connectivity index (χ2n) is 6.41. The van der Waals surface area contributed by atoms with E-state index in [4.69, 9.17) is 17.3 Å². The van der Waals surface area contributed by atoms with Crippen molar-refractivity contribution in [2.45, 2.75) is 18.0 Å². The van der Waals surface area contributed by atoms with Gasteiger partial charge in [0.2, 0.25) is 15.9 Å². The molecule has 3 aromatic carbocycles. The quantitative estimate of drug-likeness (QED) is 0.613. The van der Waals surface area contributed by atoms with Crippen LogP contribution in [0.2, 0.25) is 5.02 Å². The minimum absolute atomic E-state index is 0.0445. The van der Waals surface area contributed by atoms with Gasteiger partial charge in [-0.1, -0.05) is 35.9 Å². The number of hydrogen-bond donors (Lipinski definition) is 1. The SMILES string of the molecule is NC(=O)c1ccc(CN(Cc2ccc(F)cc2)S(=O)(=O)c2ccc(Cl)cc2)cc1. The van der Waals surface area contributed by atoms with Gasteiger partial charge in [0.15, 0.2) is 0 Å². The molecule has 0 saturated carbocycles. The third-order valence-electron chi connectivity index (χ3n) is 4.32. The first kappa shape index (κ1) is 21.0. The lowest BCUT2D eigenvalue weighted by Crippen LogP contribution is -2.30. The minimum Gasteiger partial charge on any atom is -0.366 e. The molecule has 0 bridgehead atoms. The van der Waals surface area contributed by atoms with E-state index in [1.807, 2.05) is 0 Å². The monoisotopic (exact) mass is 432 g/mol. The van der Waals surface area contributed by atoms with Crippen LogP contribution in [0.5, 0.6) is 0 Å². The standard InChI is InChI=1S/C21H18ClFN2O3S/c22-18-7-11-20(12-8-18)29(27,28)25(14-16-3-9-19(23)10-4-16)13-15-1-5-17(6-2-15)21(24)26/h1-12H,13-14H2,(H2,24,26). The van der Waals surface area contributed by atoms with Gasteiger partial charge in [0, 0.05) is 23.7 Å². The summed E-state index contributed by atoms with van der Waals surface area (Å²) in [6, 6.07) is 17.9. The van der Waals surface area contributed by atoms with Crippen LogP contribution in [-0.4, -0.2) is 18.6 Å². The normalized spacial score (nSPS) is 11.6. The molecule has 2 N–H and O–H groups in total. The molecule has 0 aliphatic rings. The average molecular weight is 433 g/mol. The lowest BCUT2D eigenvalue weighted by atomic mass is 10.1. The highest BCUT2D eigenvalue weighted by atomic mass is 35.5. The topological polar surface area (TPSA) is 80.5 Å². The molecule has 0 saturated heterocycles. The Morgan fingerprint density at radius 2 is 1.34 bits per heavy atom. The lowest BCUT2D eigenvalue weighted by molar-refractivity contribution is 0.1000. The largest absolute Gasteiger partial charge is 0.366 e. The summed E-state index contributed by atoms with van der Waals surface area (Å²) in [6.07, 6.45) is 0. The summed E-state index contributed by atoms with van der Waals surface area (Å²) in [5, 5.41) is 0.427. The van der Waals surface area contributed by atoms with Crippen molar-refractivity contribution < 1.29 is 17.6 Å². The Hall–Kier alpha value is -2.74. The lowest BCUT2D eigenvalue weighted by Gasteiger charge is -2.23. The summed E-state index contributed by atoms with van der Waals surface area (Å²) in [5.41, 5.74) is 6.90. The fourth-order valence-electron chi connectivity index (χ4n) is 2.75. The Morgan fingerprint density at radius 1 is 0.862 bits per heavy atom. The van der Waals surface area contributed by atoms with E-state index < -0.39 is 21.7 Å². The summed E-state index contributed by atoms with van der Waals surface area (Å²) in [5.74, 6) is -0.962. The summed E-state index contributed by atoms with van der Waals surface area (Å²) >= 11 is 5.87. The first-order valence-electron chi connectivity index (χ1n) is 8.64. The Balaban J connectivity index is 1.95. The van der Waals surface area contributed by atoms with Crippen LogP contribution in [0.4, 0.5) is 4.39 Å². The molecule has 150 valence electrons. The van der Waals surface area contributed by atoms with Gasteiger partial charge in [-0.15, -0.1) is 0 Å². The third kappa shape index (κ3) is 5.20. The van der Waals surface area contributed by atoms with E-state index >= 15 is 0 Å². The fraction of sp³-hybridized carbons (Fsp3) is 0.0952. The van der Waals surface area contributed by atoms with Crippen molar-refractivity contribution in [2.75, 3.05) is 0 Å². The molecule has 0 heterocycles. The van der Waals surface area contributed by atoms with E-state index in [0.717, 1.165) is 0 Å². The fourth-order valence-corrected chi connectivity index (χ4v) is 4.30. The molecular weight excluding hydrogens is 415 g/mol. The van der Waals surface area contributed by atoms with Crippen molar-refractivity contribution >= 4 is 27.5 Å². The molecular formula is C21H18ClFN2O3S. The Kier molecular flexibility index (Phi) is 6.32. The first-order chi connectivity index (χ1) is 13.8. The van der Waals surface area contributed by atoms with Crippen molar-refractivity contribution in [2.24, 2.45) is 5.73 Å². The number of rotatable bonds is 7. The highest BCUT2D eigenvalue weighted by Crippen LogP contribution is 2.23. The number of sulfonamides is 1. The first-order valence-corrected chi connectivity index (χ1v) is 10.5. The van der Waals surface area contributed by atoms with Gasteiger partial charge in [-0.05, 0) is 59.7 Å². The molecule has 29 heavy (non-hydrogen) atoms. The van der Waals surface area contributed by atoms with Crippen LogP contribution in [0.15, 0.2) is 77.7 Å². The molecule has 0 unspecified atom stereocenters. The van der Waals surface area contributed by atoms with E-state index in [1.54, 1.807) is 24.3 Å². The summed E-state index contributed by atoms with van der Waals surface area (Å²) in [7, 11) is -3.86. The molecule has 1 amide bonds. The number of benzene rings is 3. The van der Waals surface area contributed by atoms with E-state index in [1.165, 1.54) is 52.8 Å². The molecule has 3 rings (SSSR count). The highest BCUT2D eigenvalue weighted by Gasteiger charge is 2.25. The van der Waals surface area contributed by atoms with Gasteiger partial charge in [0.05, 0.1) is 4.90 Å². The van der Waals surface area contributed by atoms with E-state index in [2.05, 4.69) is 0 Å². The van der Waals surface area contributed by atoms with Crippen LogP contribution in [0, 0.1) is 5.82 Å². The second kappa shape index (κ2) is 8.73. The Bertz CT molecular complexity index is 1100. The number of nitrogens with zero attached hydrogens (tertiary/aromatic N) is 1. The van der Waals surface area contributed by atoms with Crippen LogP contribution in [0.1, 0.15) is 21.5 Å². The summed E-state index contributed by atoms with van der Waals surface area (Å²) < 4.78 is 41.0. The zero-order chi connectivity index (χ0) is 21.0. The van der Waals surface area contributed by atoms with Crippen molar-refractivity contribution in [1.29, 1.82) is 0 Å². The summed E-state index contributed by atoms with van der Waals surface area (Å²) in [6.45, 7) is 0.101. The van der Waals surface area contributed by atoms with Gasteiger partial charge in [-0.2, -0.15) is 4.31 Å². The average Bonchev–Trinajstić information content (AvgIpc) is 2.70. The molecule has 0 aliphatic heterocycles. The van der Waals surface area contributed by atoms with Crippen LogP contribution in [0.3, 0.4) is 0 Å². The van der Waals surface area contributed by atoms with E-state index in [9.17, 15) is 17.6 Å². The molecule has 8 heteroatoms. The van der Waals surface area contributed by atoms with Gasteiger partial charge < -0.3 is 5.73 Å². The van der Waals surface area contributed by atoms with Gasteiger partial charge >= 0.3 is 0 Å². The van der Waals surface area contributed by atoms with Gasteiger partial charge in [-0.3, -0.25) is 4.79 Å². The number of halogens is 2. The van der Waals surface area contributed by atoms with E-state index in [0.29, 0.717) is 21.7 Å². The molecule has 0 atom stereocenters. The third-order valence-corrected chi connectivity index (χ3v) is 6.38. The van der Waals surface area contributed by atoms with Crippen LogP contribution in [-0.2, 0) is 23.1 Å². The van der Waals surface area contributed by atoms with Crippen LogP contribution >= 0.6 is 11.6 Å². The molecule has 0 radical (unpaired) electrons. The number of carbonyl (C=O) groups is 1. The van der Waals surface area contributed by atoms with Crippen molar-refractivity contribution in [3.05, 3.63) is 100 Å². The Morgan fingerprint density at radius 3 is 1.83 bits per heavy atom. The van der Waals surface area contributed by atoms with E-state index in [-0.39, 0.29) is 18.0 Å². The molecule has 0 aliphatic carbocycles. The number of amides is 1. The Labute approximate surface area is 173 Å². The van der Waals surface area contributed by atoms with Crippen LogP contribution < -0.4 is 5.73 Å². The maximum atomic E-state index is 13.2. The van der Waals surface area contributed by atoms with Crippen molar-refractivity contribution in [1.82, 2.24) is 4.31 Å². The minimum atomic E-state index is -3.86. The summed E-state index contributed by atoms with van der Waals surface area (Å²) in [4.78, 5) is 11.3. The number of carbonyl (C=O) groups excluding carboxylic acids is 1. The van der Waals surface area contributed by atoms with Gasteiger partial charge in [0.1, 0.15) is 5.82 Å². The zero-order valence-corrected chi connectivity index (χ0v) is 16.8. The maximum Gasteiger partial charge on any atom is 0.248 e. The van der Waals surface area contributed by atoms with Crippen LogP contribution in [0.25, 0.3) is 0 Å². The number of primary amides is 1. The second-order valence-corrected chi connectivity index (χ2v) is 8.79. The smallest absolute Gasteiger partial charge is 0.248 e. The maximum absolute atomic E-state index is 13.2.